The molecule has 7 aromatic carbocycles. The standard InChI is InChI=1S/C36H26O3/c1-38-30-21-31(39-2)35(33-28-17-9-5-13-24(28)20-25-14-6-10-18-29(25)33)36(37)34(30)32-26-15-7-3-11-22(26)19-23-12-4-8-16-27(23)32/h3-21,37H,1-2H3. The predicted molar refractivity (Wildman–Crippen MR) is 162 cm³/mol. The molecular formula is C36H26O3. The van der Waals surface area contributed by atoms with Crippen LogP contribution in [0.25, 0.3) is 65.3 Å². The number of benzene rings is 7. The van der Waals surface area contributed by atoms with Gasteiger partial charge < -0.3 is 14.6 Å². The van der Waals surface area contributed by atoms with Gasteiger partial charge in [0.15, 0.2) is 0 Å². The lowest BCUT2D eigenvalue weighted by Gasteiger charge is -2.22. The van der Waals surface area contributed by atoms with Crippen LogP contribution >= 0.6 is 0 Å². The molecule has 0 atom stereocenters. The van der Waals surface area contributed by atoms with Crippen molar-refractivity contribution < 1.29 is 14.6 Å². The Hall–Kier alpha value is -5.02. The summed E-state index contributed by atoms with van der Waals surface area (Å²) in [5.41, 5.74) is 3.18. The highest BCUT2D eigenvalue weighted by Crippen LogP contribution is 2.54. The molecule has 0 spiro atoms. The van der Waals surface area contributed by atoms with Crippen LogP contribution in [0.1, 0.15) is 0 Å². The van der Waals surface area contributed by atoms with E-state index in [-0.39, 0.29) is 5.75 Å². The molecule has 0 amide bonds. The first-order valence-electron chi connectivity index (χ1n) is 13.0. The van der Waals surface area contributed by atoms with Crippen molar-refractivity contribution in [2.45, 2.75) is 0 Å². The van der Waals surface area contributed by atoms with Crippen LogP contribution in [0.3, 0.4) is 0 Å². The van der Waals surface area contributed by atoms with E-state index < -0.39 is 0 Å². The third-order valence-electron chi connectivity index (χ3n) is 7.71. The zero-order chi connectivity index (χ0) is 26.5. The summed E-state index contributed by atoms with van der Waals surface area (Å²) in [4.78, 5) is 0. The minimum atomic E-state index is 0.134. The maximum Gasteiger partial charge on any atom is 0.138 e. The van der Waals surface area contributed by atoms with Crippen LogP contribution in [0.2, 0.25) is 0 Å². The van der Waals surface area contributed by atoms with Gasteiger partial charge in [0.05, 0.1) is 25.3 Å². The van der Waals surface area contributed by atoms with Crippen molar-refractivity contribution in [1.82, 2.24) is 0 Å². The van der Waals surface area contributed by atoms with Gasteiger partial charge in [-0.15, -0.1) is 0 Å². The number of fused-ring (bicyclic) bond motifs is 4. The van der Waals surface area contributed by atoms with Crippen LogP contribution in [0, 0.1) is 0 Å². The van der Waals surface area contributed by atoms with Crippen LogP contribution in [0.5, 0.6) is 17.2 Å². The number of ether oxygens (including phenoxy) is 2. The Kier molecular flexibility index (Phi) is 5.38. The number of hydrogen-bond donors (Lipinski definition) is 1. The lowest BCUT2D eigenvalue weighted by Crippen LogP contribution is -1.97. The van der Waals surface area contributed by atoms with Crippen LogP contribution < -0.4 is 9.47 Å². The van der Waals surface area contributed by atoms with E-state index in [0.717, 1.165) is 54.2 Å². The largest absolute Gasteiger partial charge is 0.506 e. The predicted octanol–water partition coefficient (Wildman–Crippen LogP) is 9.36. The molecule has 0 heterocycles. The van der Waals surface area contributed by atoms with E-state index in [1.165, 1.54) is 0 Å². The first kappa shape index (κ1) is 23.1. The van der Waals surface area contributed by atoms with Crippen LogP contribution in [-0.2, 0) is 0 Å². The lowest BCUT2D eigenvalue weighted by atomic mass is 9.86. The highest BCUT2D eigenvalue weighted by molar-refractivity contribution is 6.18. The minimum Gasteiger partial charge on any atom is -0.506 e. The normalized spacial score (nSPS) is 11.4. The van der Waals surface area contributed by atoms with Gasteiger partial charge in [-0.25, -0.2) is 0 Å². The molecule has 0 aromatic heterocycles. The fourth-order valence-corrected chi connectivity index (χ4v) is 5.99. The Morgan fingerprint density at radius 1 is 0.410 bits per heavy atom. The summed E-state index contributed by atoms with van der Waals surface area (Å²) in [5.74, 6) is 1.24. The summed E-state index contributed by atoms with van der Waals surface area (Å²) in [6, 6.07) is 39.4. The second-order valence-corrected chi connectivity index (χ2v) is 9.77. The number of rotatable bonds is 4. The molecule has 0 bridgehead atoms. The highest BCUT2D eigenvalue weighted by atomic mass is 16.5. The molecule has 0 aliphatic carbocycles. The fourth-order valence-electron chi connectivity index (χ4n) is 5.99. The summed E-state index contributed by atoms with van der Waals surface area (Å²) >= 11 is 0. The Morgan fingerprint density at radius 2 is 0.718 bits per heavy atom. The van der Waals surface area contributed by atoms with Crippen molar-refractivity contribution in [3.05, 3.63) is 115 Å². The van der Waals surface area contributed by atoms with E-state index in [0.29, 0.717) is 22.6 Å². The van der Waals surface area contributed by atoms with Crippen LogP contribution in [0.15, 0.2) is 115 Å². The quantitative estimate of drug-likeness (QED) is 0.242. The molecule has 0 aliphatic heterocycles. The molecule has 0 radical (unpaired) electrons. The molecule has 1 N–H and O–H groups in total. The van der Waals surface area contributed by atoms with Crippen molar-refractivity contribution in [2.24, 2.45) is 0 Å². The SMILES string of the molecule is COc1cc(OC)c(-c2c3ccccc3cc3ccccc23)c(O)c1-c1c2ccccc2cc2ccccc12. The molecule has 39 heavy (non-hydrogen) atoms. The van der Waals surface area contributed by atoms with Crippen LogP contribution in [0.4, 0.5) is 0 Å². The molecule has 0 saturated heterocycles. The molecule has 188 valence electrons. The smallest absolute Gasteiger partial charge is 0.138 e. The monoisotopic (exact) mass is 506 g/mol. The van der Waals surface area contributed by atoms with Gasteiger partial charge in [0.1, 0.15) is 17.2 Å². The Morgan fingerprint density at radius 3 is 1.03 bits per heavy atom. The molecule has 0 unspecified atom stereocenters. The average Bonchev–Trinajstić information content (AvgIpc) is 2.98. The zero-order valence-corrected chi connectivity index (χ0v) is 21.7. The first-order chi connectivity index (χ1) is 19.2. The second-order valence-electron chi connectivity index (χ2n) is 9.77. The number of phenolic OH excluding ortho intramolecular Hbond substituents is 1. The van der Waals surface area contributed by atoms with Gasteiger partial charge >= 0.3 is 0 Å². The lowest BCUT2D eigenvalue weighted by molar-refractivity contribution is 0.388. The zero-order valence-electron chi connectivity index (χ0n) is 21.7. The van der Waals surface area contributed by atoms with Gasteiger partial charge in [-0.3, -0.25) is 0 Å². The van der Waals surface area contributed by atoms with Crippen molar-refractivity contribution in [1.29, 1.82) is 0 Å². The van der Waals surface area contributed by atoms with E-state index >= 15 is 0 Å². The molecule has 0 aliphatic rings. The molecule has 7 rings (SSSR count). The maximum absolute atomic E-state index is 12.4. The molecular weight excluding hydrogens is 480 g/mol. The summed E-state index contributed by atoms with van der Waals surface area (Å²) in [7, 11) is 3.27. The summed E-state index contributed by atoms with van der Waals surface area (Å²) < 4.78 is 11.9. The number of methoxy groups -OCH3 is 2. The average molecular weight is 507 g/mol. The van der Waals surface area contributed by atoms with Gasteiger partial charge in [0.2, 0.25) is 0 Å². The molecule has 7 aromatic rings. The third kappa shape index (κ3) is 3.51. The van der Waals surface area contributed by atoms with E-state index in [2.05, 4.69) is 60.7 Å². The Bertz CT molecular complexity index is 1800. The minimum absolute atomic E-state index is 0.134. The van der Waals surface area contributed by atoms with Gasteiger partial charge in [-0.1, -0.05) is 97.1 Å². The Balaban J connectivity index is 1.70. The van der Waals surface area contributed by atoms with Crippen molar-refractivity contribution in [3.63, 3.8) is 0 Å². The van der Waals surface area contributed by atoms with E-state index in [1.807, 2.05) is 54.6 Å². The molecule has 3 heteroatoms. The summed E-state index contributed by atoms with van der Waals surface area (Å²) in [6.45, 7) is 0. The molecule has 3 nitrogen and oxygen atoms in total. The van der Waals surface area contributed by atoms with Gasteiger partial charge in [-0.05, 0) is 55.2 Å². The third-order valence-corrected chi connectivity index (χ3v) is 7.71. The second kappa shape index (κ2) is 9.07. The van der Waals surface area contributed by atoms with Crippen molar-refractivity contribution in [2.75, 3.05) is 14.2 Å². The van der Waals surface area contributed by atoms with Crippen molar-refractivity contribution in [3.8, 4) is 39.5 Å². The topological polar surface area (TPSA) is 38.7 Å². The molecule has 0 fully saturated rings. The number of hydrogen-bond acceptors (Lipinski definition) is 3. The van der Waals surface area contributed by atoms with Gasteiger partial charge in [0, 0.05) is 17.2 Å². The molecule has 0 saturated carbocycles. The maximum atomic E-state index is 12.4. The summed E-state index contributed by atoms with van der Waals surface area (Å²) in [6.07, 6.45) is 0. The van der Waals surface area contributed by atoms with Crippen molar-refractivity contribution >= 4 is 43.1 Å². The van der Waals surface area contributed by atoms with Crippen LogP contribution in [-0.4, -0.2) is 19.3 Å². The van der Waals surface area contributed by atoms with Gasteiger partial charge in [0.25, 0.3) is 0 Å². The fraction of sp³-hybridized carbons (Fsp3) is 0.0556. The first-order valence-corrected chi connectivity index (χ1v) is 13.0. The van der Waals surface area contributed by atoms with E-state index in [4.69, 9.17) is 9.47 Å². The Labute approximate surface area is 226 Å². The van der Waals surface area contributed by atoms with Gasteiger partial charge in [-0.2, -0.15) is 0 Å². The number of phenols is 1. The number of aromatic hydroxyl groups is 1. The summed E-state index contributed by atoms with van der Waals surface area (Å²) in [5, 5.41) is 21.0. The van der Waals surface area contributed by atoms with E-state index in [1.54, 1.807) is 14.2 Å². The van der Waals surface area contributed by atoms with E-state index in [9.17, 15) is 5.11 Å². The highest BCUT2D eigenvalue weighted by Gasteiger charge is 2.26.